The van der Waals surface area contributed by atoms with Crippen molar-refractivity contribution in [2.45, 2.75) is 33.1 Å². The smallest absolute Gasteiger partial charge is 0.307 e. The number of carboxylic acid groups (broad SMARTS) is 1. The molecule has 0 aliphatic carbocycles. The van der Waals surface area contributed by atoms with Crippen LogP contribution < -0.4 is 0 Å². The van der Waals surface area contributed by atoms with E-state index in [1.165, 1.54) is 12.1 Å². The second-order valence-electron chi connectivity index (χ2n) is 4.02. The van der Waals surface area contributed by atoms with Gasteiger partial charge in [0.15, 0.2) is 0 Å². The Balaban J connectivity index is 3.26. The summed E-state index contributed by atoms with van der Waals surface area (Å²) in [5, 5.41) is 8.77. The van der Waals surface area contributed by atoms with E-state index in [2.05, 4.69) is 0 Å². The van der Waals surface area contributed by atoms with Crippen LogP contribution in [0.25, 0.3) is 0 Å². The lowest BCUT2D eigenvalue weighted by atomic mass is 9.92. The Morgan fingerprint density at radius 2 is 2.07 bits per heavy atom. The van der Waals surface area contributed by atoms with Gasteiger partial charge < -0.3 is 5.11 Å². The molecule has 0 aliphatic heterocycles. The first-order valence-corrected chi connectivity index (χ1v) is 4.92. The van der Waals surface area contributed by atoms with E-state index in [-0.39, 0.29) is 18.2 Å². The second-order valence-corrected chi connectivity index (χ2v) is 4.02. The van der Waals surface area contributed by atoms with Gasteiger partial charge in [-0.3, -0.25) is 4.79 Å². The minimum atomic E-state index is -0.883. The van der Waals surface area contributed by atoms with Crippen molar-refractivity contribution in [3.8, 4) is 0 Å². The van der Waals surface area contributed by atoms with E-state index >= 15 is 0 Å². The van der Waals surface area contributed by atoms with E-state index in [1.807, 2.05) is 13.8 Å². The molecule has 3 heteroatoms. The molecule has 0 fully saturated rings. The molecule has 0 aliphatic rings. The Morgan fingerprint density at radius 1 is 1.47 bits per heavy atom. The summed E-state index contributed by atoms with van der Waals surface area (Å²) in [7, 11) is 0. The zero-order chi connectivity index (χ0) is 11.6. The van der Waals surface area contributed by atoms with Gasteiger partial charge in [-0.2, -0.15) is 0 Å². The fourth-order valence-corrected chi connectivity index (χ4v) is 1.71. The molecule has 0 atom stereocenters. The maximum atomic E-state index is 13.2. The van der Waals surface area contributed by atoms with Gasteiger partial charge in [0.2, 0.25) is 0 Å². The van der Waals surface area contributed by atoms with Crippen LogP contribution in [0.5, 0.6) is 0 Å². The molecule has 1 rings (SSSR count). The number of rotatable bonds is 3. The number of aryl methyl sites for hydroxylation is 1. The lowest BCUT2D eigenvalue weighted by molar-refractivity contribution is -0.136. The summed E-state index contributed by atoms with van der Waals surface area (Å²) in [6.07, 6.45) is -0.0420. The molecule has 0 heterocycles. The van der Waals surface area contributed by atoms with Crippen LogP contribution in [0.1, 0.15) is 36.5 Å². The summed E-state index contributed by atoms with van der Waals surface area (Å²) in [6, 6.07) is 2.81. The van der Waals surface area contributed by atoms with Gasteiger partial charge in [0.25, 0.3) is 0 Å². The summed E-state index contributed by atoms with van der Waals surface area (Å²) in [5.74, 6) is -1.05. The zero-order valence-electron chi connectivity index (χ0n) is 9.17. The van der Waals surface area contributed by atoms with Crippen LogP contribution in [0.15, 0.2) is 12.1 Å². The van der Waals surface area contributed by atoms with Crippen LogP contribution in [0.3, 0.4) is 0 Å². The molecule has 0 amide bonds. The van der Waals surface area contributed by atoms with Crippen molar-refractivity contribution in [1.29, 1.82) is 0 Å². The first-order chi connectivity index (χ1) is 6.91. The Labute approximate surface area is 88.7 Å². The molecule has 82 valence electrons. The van der Waals surface area contributed by atoms with Gasteiger partial charge in [-0.15, -0.1) is 0 Å². The number of hydrogen-bond acceptors (Lipinski definition) is 1. The Bertz CT molecular complexity index is 383. The highest BCUT2D eigenvalue weighted by Crippen LogP contribution is 2.24. The van der Waals surface area contributed by atoms with Crippen LogP contribution >= 0.6 is 0 Å². The summed E-state index contributed by atoms with van der Waals surface area (Å²) >= 11 is 0. The second kappa shape index (κ2) is 4.43. The van der Waals surface area contributed by atoms with Crippen molar-refractivity contribution in [3.05, 3.63) is 34.6 Å². The van der Waals surface area contributed by atoms with Gasteiger partial charge in [0, 0.05) is 0 Å². The van der Waals surface area contributed by atoms with Crippen molar-refractivity contribution >= 4 is 5.97 Å². The fourth-order valence-electron chi connectivity index (χ4n) is 1.71. The molecule has 1 aromatic rings. The van der Waals surface area contributed by atoms with Gasteiger partial charge in [-0.25, -0.2) is 4.39 Å². The fraction of sp³-hybridized carbons (Fsp3) is 0.417. The number of hydrogen-bond donors (Lipinski definition) is 1. The Kier molecular flexibility index (Phi) is 3.45. The van der Waals surface area contributed by atoms with Gasteiger partial charge in [0.05, 0.1) is 6.42 Å². The minimum Gasteiger partial charge on any atom is -0.481 e. The summed E-state index contributed by atoms with van der Waals surface area (Å²) in [6.45, 7) is 5.60. The predicted molar refractivity (Wildman–Crippen MR) is 56.6 cm³/mol. The van der Waals surface area contributed by atoms with E-state index in [4.69, 9.17) is 5.11 Å². The van der Waals surface area contributed by atoms with E-state index < -0.39 is 5.97 Å². The molecule has 0 bridgehead atoms. The maximum absolute atomic E-state index is 13.2. The quantitative estimate of drug-likeness (QED) is 0.832. The first-order valence-electron chi connectivity index (χ1n) is 4.92. The maximum Gasteiger partial charge on any atom is 0.307 e. The largest absolute Gasteiger partial charge is 0.481 e. The molecule has 0 radical (unpaired) electrons. The van der Waals surface area contributed by atoms with Crippen LogP contribution in [0, 0.1) is 12.7 Å². The van der Waals surface area contributed by atoms with Crippen LogP contribution in [0.4, 0.5) is 4.39 Å². The van der Waals surface area contributed by atoms with Crippen molar-refractivity contribution < 1.29 is 14.3 Å². The van der Waals surface area contributed by atoms with Crippen LogP contribution in [-0.4, -0.2) is 11.1 Å². The van der Waals surface area contributed by atoms with Crippen molar-refractivity contribution in [2.24, 2.45) is 0 Å². The lowest BCUT2D eigenvalue weighted by Crippen LogP contribution is -2.07. The van der Waals surface area contributed by atoms with E-state index in [1.54, 1.807) is 6.92 Å². The molecule has 0 spiro atoms. The third-order valence-corrected chi connectivity index (χ3v) is 2.42. The third kappa shape index (κ3) is 2.78. The molecule has 0 saturated carbocycles. The van der Waals surface area contributed by atoms with E-state index in [9.17, 15) is 9.18 Å². The van der Waals surface area contributed by atoms with Gasteiger partial charge in [-0.1, -0.05) is 13.8 Å². The van der Waals surface area contributed by atoms with E-state index in [0.717, 1.165) is 11.1 Å². The molecule has 2 nitrogen and oxygen atoms in total. The number of benzene rings is 1. The highest BCUT2D eigenvalue weighted by molar-refractivity contribution is 5.71. The van der Waals surface area contributed by atoms with Crippen molar-refractivity contribution in [2.75, 3.05) is 0 Å². The molecule has 15 heavy (non-hydrogen) atoms. The SMILES string of the molecule is Cc1cc(F)cc(C(C)C)c1CC(=O)O. The molecular weight excluding hydrogens is 195 g/mol. The monoisotopic (exact) mass is 210 g/mol. The number of carboxylic acids is 1. The number of aliphatic carboxylic acids is 1. The average Bonchev–Trinajstić information content (AvgIpc) is 2.08. The third-order valence-electron chi connectivity index (χ3n) is 2.42. The molecule has 1 aromatic carbocycles. The highest BCUT2D eigenvalue weighted by atomic mass is 19.1. The molecule has 0 saturated heterocycles. The number of halogens is 1. The first kappa shape index (κ1) is 11.7. The van der Waals surface area contributed by atoms with Gasteiger partial charge in [-0.05, 0) is 41.7 Å². The van der Waals surface area contributed by atoms with Crippen molar-refractivity contribution in [1.82, 2.24) is 0 Å². The number of carbonyl (C=O) groups is 1. The molecule has 1 N–H and O–H groups in total. The molecular formula is C12H15FO2. The van der Waals surface area contributed by atoms with E-state index in [0.29, 0.717) is 5.56 Å². The molecule has 0 unspecified atom stereocenters. The Hall–Kier alpha value is -1.38. The summed E-state index contributed by atoms with van der Waals surface area (Å²) < 4.78 is 13.2. The van der Waals surface area contributed by atoms with Gasteiger partial charge in [0.1, 0.15) is 5.82 Å². The topological polar surface area (TPSA) is 37.3 Å². The minimum absolute atomic E-state index is 0.0420. The highest BCUT2D eigenvalue weighted by Gasteiger charge is 2.13. The zero-order valence-corrected chi connectivity index (χ0v) is 9.17. The molecule has 0 aromatic heterocycles. The summed E-state index contributed by atoms with van der Waals surface area (Å²) in [4.78, 5) is 10.7. The average molecular weight is 210 g/mol. The summed E-state index contributed by atoms with van der Waals surface area (Å²) in [5.41, 5.74) is 2.23. The van der Waals surface area contributed by atoms with Crippen LogP contribution in [0.2, 0.25) is 0 Å². The standard InChI is InChI=1S/C12H15FO2/c1-7(2)10-5-9(13)4-8(3)11(10)6-12(14)15/h4-5,7H,6H2,1-3H3,(H,14,15). The Morgan fingerprint density at radius 3 is 2.53 bits per heavy atom. The predicted octanol–water partition coefficient (Wildman–Crippen LogP) is 2.88. The van der Waals surface area contributed by atoms with Crippen LogP contribution in [-0.2, 0) is 11.2 Å². The van der Waals surface area contributed by atoms with Gasteiger partial charge >= 0.3 is 5.97 Å². The lowest BCUT2D eigenvalue weighted by Gasteiger charge is -2.14. The normalized spacial score (nSPS) is 10.7. The van der Waals surface area contributed by atoms with Crippen molar-refractivity contribution in [3.63, 3.8) is 0 Å².